The van der Waals surface area contributed by atoms with E-state index in [1.165, 1.54) is 0 Å². The van der Waals surface area contributed by atoms with Crippen molar-refractivity contribution in [3.05, 3.63) is 34.9 Å². The van der Waals surface area contributed by atoms with Gasteiger partial charge in [-0.2, -0.15) is 5.26 Å². The third kappa shape index (κ3) is 1.70. The van der Waals surface area contributed by atoms with Crippen molar-refractivity contribution < 1.29 is 0 Å². The molecule has 0 spiro atoms. The number of amidine groups is 1. The molecule has 70 valence electrons. The van der Waals surface area contributed by atoms with Crippen LogP contribution in [0.2, 0.25) is 5.02 Å². The molecule has 4 heteroatoms. The first-order valence-corrected chi connectivity index (χ1v) is 4.64. The zero-order chi connectivity index (χ0) is 9.97. The van der Waals surface area contributed by atoms with Crippen molar-refractivity contribution in [2.45, 2.75) is 6.04 Å². The summed E-state index contributed by atoms with van der Waals surface area (Å²) < 4.78 is 0. The maximum Gasteiger partial charge on any atom is 0.135 e. The molecule has 3 nitrogen and oxygen atoms in total. The summed E-state index contributed by atoms with van der Waals surface area (Å²) in [6.45, 7) is 0.522. The van der Waals surface area contributed by atoms with Gasteiger partial charge in [0, 0.05) is 10.6 Å². The number of hydrogen-bond donors (Lipinski definition) is 1. The molecular weight excluding hydrogens is 198 g/mol. The van der Waals surface area contributed by atoms with Crippen molar-refractivity contribution >= 4 is 17.4 Å². The number of nitrogens with one attached hydrogen (secondary N) is 1. The highest BCUT2D eigenvalue weighted by Gasteiger charge is 2.17. The fourth-order valence-electron chi connectivity index (χ4n) is 1.29. The Labute approximate surface area is 87.0 Å². The molecule has 1 N–H and O–H groups in total. The Balaban J connectivity index is 2.18. The molecular formula is C10H8ClN3. The van der Waals surface area contributed by atoms with Crippen LogP contribution in [0.1, 0.15) is 5.56 Å². The predicted molar refractivity (Wildman–Crippen MR) is 55.4 cm³/mol. The summed E-state index contributed by atoms with van der Waals surface area (Å²) in [5.41, 5.74) is 0.965. The number of benzene rings is 1. The van der Waals surface area contributed by atoms with Crippen molar-refractivity contribution in [2.75, 3.05) is 6.54 Å². The first kappa shape index (κ1) is 9.04. The van der Waals surface area contributed by atoms with Crippen LogP contribution in [0.3, 0.4) is 0 Å². The maximum atomic E-state index is 8.67. The minimum Gasteiger partial charge on any atom is -0.353 e. The van der Waals surface area contributed by atoms with E-state index >= 15 is 0 Å². The number of halogens is 1. The highest BCUT2D eigenvalue weighted by Crippen LogP contribution is 2.11. The number of hydrogen-bond acceptors (Lipinski definition) is 3. The Morgan fingerprint density at radius 2 is 2.14 bits per heavy atom. The Morgan fingerprint density at radius 1 is 1.43 bits per heavy atom. The lowest BCUT2D eigenvalue weighted by Gasteiger charge is -2.03. The monoisotopic (exact) mass is 205 g/mol. The van der Waals surface area contributed by atoms with Gasteiger partial charge in [0.15, 0.2) is 0 Å². The molecule has 1 unspecified atom stereocenters. The molecule has 14 heavy (non-hydrogen) atoms. The Hall–Kier alpha value is -1.53. The highest BCUT2D eigenvalue weighted by atomic mass is 35.5. The number of aliphatic imine (C=N–C) groups is 1. The van der Waals surface area contributed by atoms with E-state index in [1.54, 1.807) is 12.1 Å². The molecule has 0 aliphatic carbocycles. The van der Waals surface area contributed by atoms with Gasteiger partial charge in [-0.05, 0) is 24.3 Å². The van der Waals surface area contributed by atoms with Crippen molar-refractivity contribution in [2.24, 2.45) is 4.99 Å². The highest BCUT2D eigenvalue weighted by molar-refractivity contribution is 6.30. The largest absolute Gasteiger partial charge is 0.353 e. The van der Waals surface area contributed by atoms with Crippen LogP contribution in [0.5, 0.6) is 0 Å². The molecule has 0 saturated carbocycles. The van der Waals surface area contributed by atoms with Gasteiger partial charge in [-0.25, -0.2) is 0 Å². The van der Waals surface area contributed by atoms with E-state index in [0.29, 0.717) is 11.6 Å². The molecule has 0 fully saturated rings. The van der Waals surface area contributed by atoms with Crippen LogP contribution in [0.15, 0.2) is 29.3 Å². The van der Waals surface area contributed by atoms with Crippen molar-refractivity contribution in [1.29, 1.82) is 5.26 Å². The van der Waals surface area contributed by atoms with Gasteiger partial charge in [0.2, 0.25) is 0 Å². The third-order valence-corrected chi connectivity index (χ3v) is 2.27. The second-order valence-corrected chi connectivity index (χ2v) is 3.46. The van der Waals surface area contributed by atoms with E-state index in [9.17, 15) is 0 Å². The summed E-state index contributed by atoms with van der Waals surface area (Å²) in [6, 6.07) is 9.31. The summed E-state index contributed by atoms with van der Waals surface area (Å²) in [4.78, 5) is 4.23. The van der Waals surface area contributed by atoms with Gasteiger partial charge in [-0.3, -0.25) is 4.99 Å². The van der Waals surface area contributed by atoms with Crippen LogP contribution in [0.25, 0.3) is 0 Å². The van der Waals surface area contributed by atoms with Gasteiger partial charge in [0.25, 0.3) is 0 Å². The first-order valence-electron chi connectivity index (χ1n) is 4.26. The minimum absolute atomic E-state index is 0.194. The van der Waals surface area contributed by atoms with Gasteiger partial charge >= 0.3 is 0 Å². The fraction of sp³-hybridized carbons (Fsp3) is 0.200. The second kappa shape index (κ2) is 3.69. The number of nitrogens with zero attached hydrogens (tertiary/aromatic N) is 2. The molecule has 1 aliphatic heterocycles. The van der Waals surface area contributed by atoms with E-state index in [1.807, 2.05) is 12.1 Å². The fourth-order valence-corrected chi connectivity index (χ4v) is 1.42. The zero-order valence-corrected chi connectivity index (χ0v) is 8.12. The van der Waals surface area contributed by atoms with E-state index in [4.69, 9.17) is 16.9 Å². The van der Waals surface area contributed by atoms with E-state index in [0.717, 1.165) is 11.4 Å². The summed E-state index contributed by atoms with van der Waals surface area (Å²) in [6.07, 6.45) is 0. The first-order chi connectivity index (χ1) is 6.79. The molecule has 1 aliphatic rings. The van der Waals surface area contributed by atoms with Crippen molar-refractivity contribution in [1.82, 2.24) is 5.32 Å². The predicted octanol–water partition coefficient (Wildman–Crippen LogP) is 1.58. The van der Waals surface area contributed by atoms with Crippen LogP contribution in [0.4, 0.5) is 0 Å². The van der Waals surface area contributed by atoms with Gasteiger partial charge in [-0.15, -0.1) is 0 Å². The van der Waals surface area contributed by atoms with Crippen LogP contribution >= 0.6 is 11.6 Å². The quantitative estimate of drug-likeness (QED) is 0.757. The average molecular weight is 206 g/mol. The van der Waals surface area contributed by atoms with Crippen LogP contribution in [0, 0.1) is 11.3 Å². The molecule has 2 rings (SSSR count). The smallest absolute Gasteiger partial charge is 0.135 e. The summed E-state index contributed by atoms with van der Waals surface area (Å²) in [5, 5.41) is 12.4. The Bertz CT molecular complexity index is 402. The van der Waals surface area contributed by atoms with Crippen molar-refractivity contribution in [3.63, 3.8) is 0 Å². The summed E-state index contributed by atoms with van der Waals surface area (Å²) in [7, 11) is 0. The Morgan fingerprint density at radius 3 is 2.71 bits per heavy atom. The topological polar surface area (TPSA) is 48.2 Å². The van der Waals surface area contributed by atoms with Gasteiger partial charge < -0.3 is 5.32 Å². The van der Waals surface area contributed by atoms with Gasteiger partial charge in [0.1, 0.15) is 11.9 Å². The zero-order valence-electron chi connectivity index (χ0n) is 7.37. The van der Waals surface area contributed by atoms with Crippen LogP contribution in [-0.4, -0.2) is 18.4 Å². The lowest BCUT2D eigenvalue weighted by Crippen LogP contribution is -2.28. The molecule has 1 aromatic carbocycles. The van der Waals surface area contributed by atoms with E-state index in [2.05, 4.69) is 16.4 Å². The molecule has 0 saturated heterocycles. The summed E-state index contributed by atoms with van der Waals surface area (Å²) >= 11 is 5.76. The maximum absolute atomic E-state index is 8.67. The molecule has 0 amide bonds. The van der Waals surface area contributed by atoms with E-state index in [-0.39, 0.29) is 6.04 Å². The lowest BCUT2D eigenvalue weighted by atomic mass is 10.2. The number of nitriles is 1. The minimum atomic E-state index is -0.194. The second-order valence-electron chi connectivity index (χ2n) is 3.02. The van der Waals surface area contributed by atoms with Crippen LogP contribution in [-0.2, 0) is 0 Å². The third-order valence-electron chi connectivity index (χ3n) is 2.02. The molecule has 0 aromatic heterocycles. The number of rotatable bonds is 1. The molecule has 0 bridgehead atoms. The standard InChI is InChI=1S/C10H8ClN3/c11-8-3-1-7(2-4-8)10-13-6-9(5-12)14-10/h1-4,9H,6H2,(H,13,14). The normalized spacial score (nSPS) is 19.7. The van der Waals surface area contributed by atoms with Gasteiger partial charge in [0.05, 0.1) is 12.6 Å². The Kier molecular flexibility index (Phi) is 2.38. The van der Waals surface area contributed by atoms with Crippen LogP contribution < -0.4 is 5.32 Å². The molecule has 0 radical (unpaired) electrons. The average Bonchev–Trinajstić information content (AvgIpc) is 2.67. The molecule has 1 atom stereocenters. The lowest BCUT2D eigenvalue weighted by molar-refractivity contribution is 0.811. The molecule has 1 heterocycles. The summed E-state index contributed by atoms with van der Waals surface area (Å²) in [5.74, 6) is 0.771. The SMILES string of the molecule is N#CC1CN=C(c2ccc(Cl)cc2)N1. The van der Waals surface area contributed by atoms with E-state index < -0.39 is 0 Å². The van der Waals surface area contributed by atoms with Crippen molar-refractivity contribution in [3.8, 4) is 6.07 Å². The molecule has 1 aromatic rings. The van der Waals surface area contributed by atoms with Gasteiger partial charge in [-0.1, -0.05) is 11.6 Å².